The van der Waals surface area contributed by atoms with Gasteiger partial charge in [0.25, 0.3) is 5.69 Å². The van der Waals surface area contributed by atoms with Gasteiger partial charge >= 0.3 is 12.1 Å². The number of amides is 1. The van der Waals surface area contributed by atoms with Gasteiger partial charge in [0.2, 0.25) is 0 Å². The van der Waals surface area contributed by atoms with Gasteiger partial charge < -0.3 is 19.5 Å². The third kappa shape index (κ3) is 6.02. The SMILES string of the molecule is COC(=O)c1c2c(nn1CCCNC(=O)OC(C)(C)C)-c1cc(-c3ccc([N+](=O)[O-])cc3)c(OC)cc1CC2. The highest BCUT2D eigenvalue weighted by atomic mass is 16.6. The number of hydrogen-bond acceptors (Lipinski definition) is 8. The number of nitrogens with one attached hydrogen (secondary N) is 1. The molecule has 0 atom stereocenters. The summed E-state index contributed by atoms with van der Waals surface area (Å²) in [7, 11) is 2.92. The Morgan fingerprint density at radius 1 is 1.10 bits per heavy atom. The van der Waals surface area contributed by atoms with Crippen LogP contribution in [-0.2, 0) is 28.9 Å². The van der Waals surface area contributed by atoms with Gasteiger partial charge in [-0.2, -0.15) is 5.10 Å². The Hall–Kier alpha value is -4.41. The van der Waals surface area contributed by atoms with Crippen LogP contribution in [0.25, 0.3) is 22.4 Å². The average Bonchev–Trinajstić information content (AvgIpc) is 3.27. The highest BCUT2D eigenvalue weighted by Gasteiger charge is 2.30. The minimum Gasteiger partial charge on any atom is -0.496 e. The molecule has 11 nitrogen and oxygen atoms in total. The summed E-state index contributed by atoms with van der Waals surface area (Å²) in [5, 5.41) is 18.6. The van der Waals surface area contributed by atoms with Crippen molar-refractivity contribution in [1.29, 1.82) is 0 Å². The molecule has 206 valence electrons. The van der Waals surface area contributed by atoms with Crippen LogP contribution in [-0.4, -0.2) is 53.1 Å². The Labute approximate surface area is 226 Å². The molecule has 0 saturated carbocycles. The van der Waals surface area contributed by atoms with Crippen molar-refractivity contribution >= 4 is 17.7 Å². The monoisotopic (exact) mass is 536 g/mol. The summed E-state index contributed by atoms with van der Waals surface area (Å²) in [6.45, 7) is 6.11. The smallest absolute Gasteiger partial charge is 0.407 e. The minimum absolute atomic E-state index is 0.000541. The molecule has 0 aliphatic heterocycles. The number of fused-ring (bicyclic) bond motifs is 3. The second kappa shape index (κ2) is 11.1. The fraction of sp³-hybridized carbons (Fsp3) is 0.393. The van der Waals surface area contributed by atoms with E-state index < -0.39 is 22.6 Å². The van der Waals surface area contributed by atoms with Crippen LogP contribution in [0, 0.1) is 10.1 Å². The number of esters is 1. The van der Waals surface area contributed by atoms with Gasteiger partial charge in [0.05, 0.1) is 24.8 Å². The van der Waals surface area contributed by atoms with Gasteiger partial charge in [-0.05, 0) is 75.4 Å². The highest BCUT2D eigenvalue weighted by Crippen LogP contribution is 2.42. The molecule has 3 aromatic rings. The summed E-state index contributed by atoms with van der Waals surface area (Å²) in [5.41, 5.74) is 4.69. The zero-order valence-electron chi connectivity index (χ0n) is 22.7. The fourth-order valence-corrected chi connectivity index (χ4v) is 4.64. The van der Waals surface area contributed by atoms with E-state index in [-0.39, 0.29) is 5.69 Å². The molecule has 0 saturated heterocycles. The number of alkyl carbamates (subject to hydrolysis) is 1. The molecule has 1 aliphatic carbocycles. The molecule has 1 N–H and O–H groups in total. The molecule has 0 radical (unpaired) electrons. The van der Waals surface area contributed by atoms with Crippen LogP contribution >= 0.6 is 0 Å². The third-order valence-corrected chi connectivity index (χ3v) is 6.36. The molecule has 1 heterocycles. The lowest BCUT2D eigenvalue weighted by Crippen LogP contribution is -2.33. The van der Waals surface area contributed by atoms with E-state index in [0.29, 0.717) is 49.5 Å². The molecule has 2 aromatic carbocycles. The number of nitro groups is 1. The summed E-state index contributed by atoms with van der Waals surface area (Å²) in [6, 6.07) is 10.2. The quantitative estimate of drug-likeness (QED) is 0.185. The summed E-state index contributed by atoms with van der Waals surface area (Å²) in [5.74, 6) is 0.170. The van der Waals surface area contributed by atoms with E-state index in [0.717, 1.165) is 27.8 Å². The number of aryl methyl sites for hydroxylation is 2. The van der Waals surface area contributed by atoms with Gasteiger partial charge in [-0.15, -0.1) is 0 Å². The van der Waals surface area contributed by atoms with Crippen molar-refractivity contribution in [2.75, 3.05) is 20.8 Å². The topological polar surface area (TPSA) is 135 Å². The van der Waals surface area contributed by atoms with Crippen LogP contribution < -0.4 is 10.1 Å². The third-order valence-electron chi connectivity index (χ3n) is 6.36. The predicted octanol–water partition coefficient (Wildman–Crippen LogP) is 4.93. The lowest BCUT2D eigenvalue weighted by Gasteiger charge is -2.19. The van der Waals surface area contributed by atoms with Crippen LogP contribution in [0.1, 0.15) is 48.8 Å². The molecule has 0 fully saturated rings. The van der Waals surface area contributed by atoms with Gasteiger partial charge in [0, 0.05) is 41.9 Å². The lowest BCUT2D eigenvalue weighted by molar-refractivity contribution is -0.384. The molecular formula is C28H32N4O7. The van der Waals surface area contributed by atoms with Crippen LogP contribution in [0.4, 0.5) is 10.5 Å². The largest absolute Gasteiger partial charge is 0.496 e. The number of rotatable bonds is 8. The summed E-state index contributed by atoms with van der Waals surface area (Å²) >= 11 is 0. The minimum atomic E-state index is -0.591. The summed E-state index contributed by atoms with van der Waals surface area (Å²) < 4.78 is 17.6. The number of nitrogens with zero attached hydrogens (tertiary/aromatic N) is 3. The Morgan fingerprint density at radius 3 is 2.44 bits per heavy atom. The van der Waals surface area contributed by atoms with Gasteiger partial charge in [-0.25, -0.2) is 9.59 Å². The molecule has 4 rings (SSSR count). The number of methoxy groups -OCH3 is 2. The number of nitro benzene ring substituents is 1. The first-order valence-electron chi connectivity index (χ1n) is 12.6. The number of non-ortho nitro benzene ring substituents is 1. The second-order valence-electron chi connectivity index (χ2n) is 10.2. The molecule has 39 heavy (non-hydrogen) atoms. The number of benzene rings is 2. The maximum Gasteiger partial charge on any atom is 0.407 e. The zero-order valence-corrected chi connectivity index (χ0v) is 22.7. The molecule has 1 aliphatic rings. The molecule has 0 spiro atoms. The van der Waals surface area contributed by atoms with Crippen molar-refractivity contribution in [3.05, 3.63) is 63.3 Å². The van der Waals surface area contributed by atoms with Crippen LogP contribution in [0.2, 0.25) is 0 Å². The van der Waals surface area contributed by atoms with Gasteiger partial charge in [0.15, 0.2) is 0 Å². The normalized spacial score (nSPS) is 12.2. The maximum absolute atomic E-state index is 12.8. The summed E-state index contributed by atoms with van der Waals surface area (Å²) in [4.78, 5) is 35.4. The number of carbonyl (C=O) groups excluding carboxylic acids is 2. The molecular weight excluding hydrogens is 504 g/mol. The standard InChI is InChI=1S/C28H32N4O7/c1-28(2,3)39-27(34)29-13-6-14-31-25(26(33)38-5)20-12-9-18-15-23(37-4)21(16-22(18)24(20)30-31)17-7-10-19(11-8-17)32(35)36/h7-8,10-11,15-16H,6,9,12-14H2,1-5H3,(H,29,34). The van der Waals surface area contributed by atoms with Crippen molar-refractivity contribution in [1.82, 2.24) is 15.1 Å². The van der Waals surface area contributed by atoms with Crippen molar-refractivity contribution in [2.45, 2.75) is 52.2 Å². The van der Waals surface area contributed by atoms with E-state index in [2.05, 4.69) is 5.32 Å². The predicted molar refractivity (Wildman–Crippen MR) is 144 cm³/mol. The molecule has 11 heteroatoms. The van der Waals surface area contributed by atoms with E-state index in [1.54, 1.807) is 44.7 Å². The van der Waals surface area contributed by atoms with E-state index in [1.807, 2.05) is 12.1 Å². The van der Waals surface area contributed by atoms with E-state index in [1.165, 1.54) is 19.2 Å². The molecule has 1 amide bonds. The average molecular weight is 537 g/mol. The first kappa shape index (κ1) is 27.6. The van der Waals surface area contributed by atoms with Crippen LogP contribution in [0.3, 0.4) is 0 Å². The fourth-order valence-electron chi connectivity index (χ4n) is 4.64. The molecule has 0 bridgehead atoms. The van der Waals surface area contributed by atoms with Crippen molar-refractivity contribution in [3.63, 3.8) is 0 Å². The van der Waals surface area contributed by atoms with Gasteiger partial charge in [-0.1, -0.05) is 0 Å². The van der Waals surface area contributed by atoms with Gasteiger partial charge in [-0.3, -0.25) is 14.8 Å². The summed E-state index contributed by atoms with van der Waals surface area (Å²) in [6.07, 6.45) is 1.29. The number of aromatic nitrogens is 2. The highest BCUT2D eigenvalue weighted by molar-refractivity contribution is 5.93. The number of ether oxygens (including phenoxy) is 3. The lowest BCUT2D eigenvalue weighted by atomic mass is 9.86. The Balaban J connectivity index is 1.66. The molecule has 0 unspecified atom stereocenters. The number of carbonyl (C=O) groups is 2. The Kier molecular flexibility index (Phi) is 7.89. The Morgan fingerprint density at radius 2 is 1.82 bits per heavy atom. The molecule has 1 aromatic heterocycles. The van der Waals surface area contributed by atoms with E-state index in [4.69, 9.17) is 19.3 Å². The zero-order chi connectivity index (χ0) is 28.3. The van der Waals surface area contributed by atoms with E-state index >= 15 is 0 Å². The van der Waals surface area contributed by atoms with Gasteiger partial charge in [0.1, 0.15) is 17.0 Å². The van der Waals surface area contributed by atoms with Crippen LogP contribution in [0.5, 0.6) is 5.75 Å². The van der Waals surface area contributed by atoms with Crippen molar-refractivity contribution < 1.29 is 28.7 Å². The van der Waals surface area contributed by atoms with Crippen LogP contribution in [0.15, 0.2) is 36.4 Å². The van der Waals surface area contributed by atoms with Crippen molar-refractivity contribution in [2.24, 2.45) is 0 Å². The first-order valence-corrected chi connectivity index (χ1v) is 12.6. The second-order valence-corrected chi connectivity index (χ2v) is 10.2. The number of hydrogen-bond donors (Lipinski definition) is 1. The maximum atomic E-state index is 12.8. The van der Waals surface area contributed by atoms with Crippen molar-refractivity contribution in [3.8, 4) is 28.1 Å². The Bertz CT molecular complexity index is 1400. The van der Waals surface area contributed by atoms with E-state index in [9.17, 15) is 19.7 Å². The first-order chi connectivity index (χ1) is 18.5.